The minimum absolute atomic E-state index is 0.0235. The number of aryl methyl sites for hydroxylation is 2. The Bertz CT molecular complexity index is 1510. The number of carbonyl (C=O) groups excluding carboxylic acids is 1. The van der Waals surface area contributed by atoms with Gasteiger partial charge in [0.15, 0.2) is 0 Å². The number of fused-ring (bicyclic) bond motifs is 1. The molecule has 2 N–H and O–H groups in total. The van der Waals surface area contributed by atoms with Crippen LogP contribution in [0.25, 0.3) is 0 Å². The second kappa shape index (κ2) is 11.3. The maximum absolute atomic E-state index is 14.0. The summed E-state index contributed by atoms with van der Waals surface area (Å²) in [4.78, 5) is 25.7. The first kappa shape index (κ1) is 29.2. The Hall–Kier alpha value is -3.86. The van der Waals surface area contributed by atoms with E-state index in [4.69, 9.17) is 4.74 Å². The summed E-state index contributed by atoms with van der Waals surface area (Å²) in [6, 6.07) is 12.0. The standard InChI is InChI=1S/C32H37F3N6O2/c1-31(2)28-20(6-4-9-26(28)37-29(31)42)10-12-24-23(32(33,34)35)19-36-30(38-24)39-25-13-11-22(18-27(25)43-3)41-16-14-40(15-17-41)21-7-5-8-21/h4,6,9,11,13,18-19,21H,5,7-8,10,12,14-17H2,1-3H3,(H,37,42)(H,36,38,39). The van der Waals surface area contributed by atoms with Gasteiger partial charge in [-0.25, -0.2) is 9.97 Å². The molecule has 11 heteroatoms. The summed E-state index contributed by atoms with van der Waals surface area (Å²) in [5, 5.41) is 5.95. The first-order valence-electron chi connectivity index (χ1n) is 14.9. The van der Waals surface area contributed by atoms with Gasteiger partial charge in [0, 0.05) is 55.9 Å². The van der Waals surface area contributed by atoms with Gasteiger partial charge in [-0.15, -0.1) is 0 Å². The molecule has 0 atom stereocenters. The maximum Gasteiger partial charge on any atom is 0.419 e. The van der Waals surface area contributed by atoms with E-state index in [1.807, 2.05) is 44.2 Å². The maximum atomic E-state index is 14.0. The van der Waals surface area contributed by atoms with E-state index in [0.29, 0.717) is 17.1 Å². The molecule has 2 fully saturated rings. The van der Waals surface area contributed by atoms with Crippen LogP contribution in [0.4, 0.5) is 36.2 Å². The van der Waals surface area contributed by atoms with E-state index >= 15 is 0 Å². The number of halogens is 3. The zero-order valence-electron chi connectivity index (χ0n) is 24.7. The number of hydrogen-bond donors (Lipinski definition) is 2. The van der Waals surface area contributed by atoms with Crippen molar-refractivity contribution in [2.24, 2.45) is 0 Å². The summed E-state index contributed by atoms with van der Waals surface area (Å²) in [7, 11) is 1.57. The first-order chi connectivity index (χ1) is 20.5. The molecule has 0 spiro atoms. The number of benzene rings is 2. The number of piperazine rings is 1. The molecule has 0 unspecified atom stereocenters. The number of ether oxygens (including phenoxy) is 1. The van der Waals surface area contributed by atoms with Crippen molar-refractivity contribution in [2.45, 2.75) is 63.6 Å². The first-order valence-corrected chi connectivity index (χ1v) is 14.9. The smallest absolute Gasteiger partial charge is 0.419 e. The van der Waals surface area contributed by atoms with Gasteiger partial charge in [-0.2, -0.15) is 13.2 Å². The molecule has 3 aliphatic rings. The molecule has 1 saturated carbocycles. The van der Waals surface area contributed by atoms with Crippen LogP contribution in [0, 0.1) is 0 Å². The quantitative estimate of drug-likeness (QED) is 0.334. The van der Waals surface area contributed by atoms with Crippen molar-refractivity contribution in [1.29, 1.82) is 0 Å². The van der Waals surface area contributed by atoms with E-state index in [-0.39, 0.29) is 30.4 Å². The fraction of sp³-hybridized carbons (Fsp3) is 0.469. The lowest BCUT2D eigenvalue weighted by atomic mass is 9.82. The van der Waals surface area contributed by atoms with Crippen molar-refractivity contribution in [3.05, 3.63) is 65.0 Å². The van der Waals surface area contributed by atoms with Gasteiger partial charge in [0.2, 0.25) is 11.9 Å². The fourth-order valence-corrected chi connectivity index (χ4v) is 6.40. The van der Waals surface area contributed by atoms with Crippen LogP contribution in [0.15, 0.2) is 42.6 Å². The fourth-order valence-electron chi connectivity index (χ4n) is 6.40. The van der Waals surface area contributed by atoms with Crippen molar-refractivity contribution in [2.75, 3.05) is 48.8 Å². The second-order valence-electron chi connectivity index (χ2n) is 12.1. The summed E-state index contributed by atoms with van der Waals surface area (Å²) < 4.78 is 47.6. The second-order valence-corrected chi connectivity index (χ2v) is 12.1. The Morgan fingerprint density at radius 1 is 1.09 bits per heavy atom. The van der Waals surface area contributed by atoms with E-state index < -0.39 is 17.2 Å². The van der Waals surface area contributed by atoms with Crippen molar-refractivity contribution >= 4 is 28.9 Å². The van der Waals surface area contributed by atoms with Crippen molar-refractivity contribution < 1.29 is 22.7 Å². The highest BCUT2D eigenvalue weighted by Gasteiger charge is 2.40. The minimum Gasteiger partial charge on any atom is -0.494 e. The Morgan fingerprint density at radius 3 is 2.53 bits per heavy atom. The van der Waals surface area contributed by atoms with Crippen LogP contribution in [-0.4, -0.2) is 60.1 Å². The number of methoxy groups -OCH3 is 1. The SMILES string of the molecule is COc1cc(N2CCN(C3CCC3)CC2)ccc1Nc1ncc(C(F)(F)F)c(CCc2cccc3c2C(C)(C)C(=O)N3)n1. The van der Waals surface area contributed by atoms with Gasteiger partial charge in [0.1, 0.15) is 5.75 Å². The molecule has 2 aromatic carbocycles. The van der Waals surface area contributed by atoms with Gasteiger partial charge in [0.05, 0.1) is 29.5 Å². The number of nitrogens with zero attached hydrogens (tertiary/aromatic N) is 4. The van der Waals surface area contributed by atoms with Crippen LogP contribution in [-0.2, 0) is 29.2 Å². The Morgan fingerprint density at radius 2 is 1.86 bits per heavy atom. The molecule has 1 amide bonds. The Balaban J connectivity index is 1.20. The lowest BCUT2D eigenvalue weighted by molar-refractivity contribution is -0.138. The average molecular weight is 595 g/mol. The van der Waals surface area contributed by atoms with Crippen molar-refractivity contribution in [1.82, 2.24) is 14.9 Å². The molecule has 228 valence electrons. The molecule has 0 bridgehead atoms. The monoisotopic (exact) mass is 594 g/mol. The largest absolute Gasteiger partial charge is 0.494 e. The predicted molar refractivity (Wildman–Crippen MR) is 160 cm³/mol. The van der Waals surface area contributed by atoms with E-state index in [0.717, 1.165) is 55.2 Å². The zero-order chi connectivity index (χ0) is 30.4. The highest BCUT2D eigenvalue weighted by molar-refractivity contribution is 6.06. The molecular weight excluding hydrogens is 557 g/mol. The number of alkyl halides is 3. The summed E-state index contributed by atoms with van der Waals surface area (Å²) in [5.41, 5.74) is 2.17. The summed E-state index contributed by atoms with van der Waals surface area (Å²) >= 11 is 0. The molecule has 3 heterocycles. The molecule has 8 nitrogen and oxygen atoms in total. The topological polar surface area (TPSA) is 82.6 Å². The van der Waals surface area contributed by atoms with Crippen molar-refractivity contribution in [3.8, 4) is 5.75 Å². The number of hydrogen-bond acceptors (Lipinski definition) is 7. The summed E-state index contributed by atoms with van der Waals surface area (Å²) in [6.07, 6.45) is 0.457. The molecule has 0 radical (unpaired) electrons. The summed E-state index contributed by atoms with van der Waals surface area (Å²) in [6.45, 7) is 7.57. The number of amides is 1. The van der Waals surface area contributed by atoms with Gasteiger partial charge in [-0.3, -0.25) is 9.69 Å². The number of aromatic nitrogens is 2. The average Bonchev–Trinajstić information content (AvgIpc) is 3.19. The van der Waals surface area contributed by atoms with Gasteiger partial charge < -0.3 is 20.3 Å². The van der Waals surface area contributed by atoms with Gasteiger partial charge >= 0.3 is 6.18 Å². The van der Waals surface area contributed by atoms with Crippen LogP contribution < -0.4 is 20.3 Å². The number of nitrogens with one attached hydrogen (secondary N) is 2. The number of carbonyl (C=O) groups is 1. The third-order valence-corrected chi connectivity index (χ3v) is 9.10. The summed E-state index contributed by atoms with van der Waals surface area (Å²) in [5.74, 6) is 0.484. The molecule has 3 aromatic rings. The van der Waals surface area contributed by atoms with E-state index in [9.17, 15) is 18.0 Å². The number of anilines is 4. The predicted octanol–water partition coefficient (Wildman–Crippen LogP) is 5.94. The molecule has 6 rings (SSSR count). The molecule has 2 aliphatic heterocycles. The zero-order valence-corrected chi connectivity index (χ0v) is 24.7. The van der Waals surface area contributed by atoms with Gasteiger partial charge in [-0.1, -0.05) is 18.6 Å². The van der Waals surface area contributed by atoms with Crippen LogP contribution in [0.3, 0.4) is 0 Å². The Kier molecular flexibility index (Phi) is 7.70. The van der Waals surface area contributed by atoms with Crippen LogP contribution in [0.1, 0.15) is 55.5 Å². The van der Waals surface area contributed by atoms with Gasteiger partial charge in [-0.05, 0) is 68.9 Å². The van der Waals surface area contributed by atoms with E-state index in [2.05, 4.69) is 30.4 Å². The lowest BCUT2D eigenvalue weighted by Crippen LogP contribution is -2.52. The third-order valence-electron chi connectivity index (χ3n) is 9.10. The molecule has 1 saturated heterocycles. The van der Waals surface area contributed by atoms with Crippen molar-refractivity contribution in [3.63, 3.8) is 0 Å². The molecule has 1 aliphatic carbocycles. The van der Waals surface area contributed by atoms with Crippen LogP contribution >= 0.6 is 0 Å². The molecule has 43 heavy (non-hydrogen) atoms. The van der Waals surface area contributed by atoms with Crippen LogP contribution in [0.5, 0.6) is 5.75 Å². The van der Waals surface area contributed by atoms with Crippen LogP contribution in [0.2, 0.25) is 0 Å². The minimum atomic E-state index is -4.61. The Labute approximate surface area is 249 Å². The normalized spacial score (nSPS) is 18.7. The lowest BCUT2D eigenvalue weighted by Gasteiger charge is -2.43. The molecular formula is C32H37F3N6O2. The van der Waals surface area contributed by atoms with E-state index in [1.54, 1.807) is 13.2 Å². The van der Waals surface area contributed by atoms with E-state index in [1.165, 1.54) is 19.3 Å². The number of rotatable bonds is 8. The van der Waals surface area contributed by atoms with Gasteiger partial charge in [0.25, 0.3) is 0 Å². The highest BCUT2D eigenvalue weighted by atomic mass is 19.4. The third kappa shape index (κ3) is 5.74. The molecule has 1 aromatic heterocycles. The highest BCUT2D eigenvalue weighted by Crippen LogP contribution is 2.41.